The second kappa shape index (κ2) is 5.12. The summed E-state index contributed by atoms with van der Waals surface area (Å²) >= 11 is 0. The molecule has 2 N–H and O–H groups in total. The van der Waals surface area contributed by atoms with Crippen LogP contribution in [0.25, 0.3) is 0 Å². The van der Waals surface area contributed by atoms with E-state index in [1.165, 1.54) is 31.4 Å². The van der Waals surface area contributed by atoms with Crippen LogP contribution in [0.3, 0.4) is 0 Å². The number of benzene rings is 1. The van der Waals surface area contributed by atoms with Gasteiger partial charge in [0.15, 0.2) is 6.23 Å². The van der Waals surface area contributed by atoms with Crippen molar-refractivity contribution >= 4 is 10.0 Å². The number of hydrogen-bond donors (Lipinski definition) is 2. The van der Waals surface area contributed by atoms with Crippen molar-refractivity contribution in [3.05, 3.63) is 47.8 Å². The number of sulfonamides is 1. The van der Waals surface area contributed by atoms with Gasteiger partial charge in [0.2, 0.25) is 10.0 Å². The van der Waals surface area contributed by atoms with Gasteiger partial charge in [-0.1, -0.05) is 17.7 Å². The fraction of sp³-hybridized carbons (Fsp3) is 0.250. The standard InChI is InChI=1S/C12H15N3O3S/c1-9-3-5-10(6-4-9)19(17,18)15(2)12(16)11-7-8-13-14-11/h3-8,12,16H,1-2H3,(H,13,14). The molecule has 19 heavy (non-hydrogen) atoms. The van der Waals surface area contributed by atoms with E-state index in [1.807, 2.05) is 6.92 Å². The summed E-state index contributed by atoms with van der Waals surface area (Å²) in [6.45, 7) is 1.87. The van der Waals surface area contributed by atoms with Crippen LogP contribution in [-0.4, -0.2) is 35.1 Å². The van der Waals surface area contributed by atoms with Crippen molar-refractivity contribution < 1.29 is 13.5 Å². The number of nitrogens with one attached hydrogen (secondary N) is 1. The van der Waals surface area contributed by atoms with Gasteiger partial charge < -0.3 is 5.11 Å². The van der Waals surface area contributed by atoms with Gasteiger partial charge in [0, 0.05) is 13.2 Å². The number of nitrogens with zero attached hydrogens (tertiary/aromatic N) is 2. The zero-order chi connectivity index (χ0) is 14.0. The van der Waals surface area contributed by atoms with E-state index in [0.717, 1.165) is 9.87 Å². The maximum Gasteiger partial charge on any atom is 0.245 e. The minimum atomic E-state index is -3.75. The third-order valence-electron chi connectivity index (χ3n) is 2.84. The number of rotatable bonds is 4. The van der Waals surface area contributed by atoms with E-state index in [9.17, 15) is 13.5 Å². The molecular formula is C12H15N3O3S. The first kappa shape index (κ1) is 13.7. The lowest BCUT2D eigenvalue weighted by molar-refractivity contribution is 0.0740. The van der Waals surface area contributed by atoms with Crippen molar-refractivity contribution in [2.45, 2.75) is 18.0 Å². The van der Waals surface area contributed by atoms with E-state index >= 15 is 0 Å². The third kappa shape index (κ3) is 2.67. The molecular weight excluding hydrogens is 266 g/mol. The fourth-order valence-corrected chi connectivity index (χ4v) is 2.80. The molecule has 0 aliphatic heterocycles. The van der Waals surface area contributed by atoms with E-state index in [4.69, 9.17) is 0 Å². The maximum absolute atomic E-state index is 12.3. The number of H-pyrrole nitrogens is 1. The Labute approximate surface area is 111 Å². The molecule has 1 aromatic heterocycles. The third-order valence-corrected chi connectivity index (χ3v) is 4.67. The van der Waals surface area contributed by atoms with Gasteiger partial charge in [0.1, 0.15) is 0 Å². The van der Waals surface area contributed by atoms with Crippen LogP contribution >= 0.6 is 0 Å². The minimum Gasteiger partial charge on any atom is -0.371 e. The molecule has 0 fully saturated rings. The van der Waals surface area contributed by atoms with Crippen LogP contribution in [0, 0.1) is 6.92 Å². The monoisotopic (exact) mass is 281 g/mol. The molecule has 1 unspecified atom stereocenters. The van der Waals surface area contributed by atoms with Gasteiger partial charge in [-0.15, -0.1) is 0 Å². The van der Waals surface area contributed by atoms with E-state index in [1.54, 1.807) is 12.1 Å². The molecule has 7 heteroatoms. The van der Waals surface area contributed by atoms with Crippen molar-refractivity contribution in [3.63, 3.8) is 0 Å². The average molecular weight is 281 g/mol. The molecule has 2 aromatic rings. The molecule has 0 saturated heterocycles. The molecule has 0 amide bonds. The summed E-state index contributed by atoms with van der Waals surface area (Å²) in [5, 5.41) is 16.2. The van der Waals surface area contributed by atoms with Crippen LogP contribution in [-0.2, 0) is 10.0 Å². The number of aryl methyl sites for hydroxylation is 1. The first-order chi connectivity index (χ1) is 8.93. The van der Waals surface area contributed by atoms with Crippen LogP contribution in [0.4, 0.5) is 0 Å². The number of aromatic amines is 1. The second-order valence-electron chi connectivity index (χ2n) is 4.22. The van der Waals surface area contributed by atoms with Crippen LogP contribution in [0.15, 0.2) is 41.4 Å². The molecule has 0 saturated carbocycles. The molecule has 0 aliphatic rings. The van der Waals surface area contributed by atoms with Gasteiger partial charge in [-0.25, -0.2) is 8.42 Å². The summed E-state index contributed by atoms with van der Waals surface area (Å²) in [5.41, 5.74) is 1.29. The number of aromatic nitrogens is 2. The number of aliphatic hydroxyl groups is 1. The first-order valence-electron chi connectivity index (χ1n) is 5.65. The largest absolute Gasteiger partial charge is 0.371 e. The van der Waals surface area contributed by atoms with Crippen LogP contribution in [0.2, 0.25) is 0 Å². The quantitative estimate of drug-likeness (QED) is 0.820. The first-order valence-corrected chi connectivity index (χ1v) is 7.09. The van der Waals surface area contributed by atoms with Gasteiger partial charge in [-0.3, -0.25) is 5.10 Å². The lowest BCUT2D eigenvalue weighted by Gasteiger charge is -2.22. The van der Waals surface area contributed by atoms with Crippen molar-refractivity contribution in [1.29, 1.82) is 0 Å². The van der Waals surface area contributed by atoms with E-state index in [2.05, 4.69) is 10.2 Å². The molecule has 1 heterocycles. The Morgan fingerprint density at radius 3 is 2.42 bits per heavy atom. The predicted molar refractivity (Wildman–Crippen MR) is 69.7 cm³/mol. The van der Waals surface area contributed by atoms with Crippen LogP contribution < -0.4 is 0 Å². The van der Waals surface area contributed by atoms with Gasteiger partial charge in [0.25, 0.3) is 0 Å². The summed E-state index contributed by atoms with van der Waals surface area (Å²) in [6.07, 6.45) is 0.152. The van der Waals surface area contributed by atoms with Gasteiger partial charge >= 0.3 is 0 Å². The van der Waals surface area contributed by atoms with Gasteiger partial charge in [-0.2, -0.15) is 9.40 Å². The van der Waals surface area contributed by atoms with E-state index < -0.39 is 16.3 Å². The van der Waals surface area contributed by atoms with Crippen LogP contribution in [0.5, 0.6) is 0 Å². The highest BCUT2D eigenvalue weighted by Gasteiger charge is 2.28. The smallest absolute Gasteiger partial charge is 0.245 e. The summed E-state index contributed by atoms with van der Waals surface area (Å²) < 4.78 is 25.5. The molecule has 1 atom stereocenters. The van der Waals surface area contributed by atoms with Crippen molar-refractivity contribution in [2.24, 2.45) is 0 Å². The van der Waals surface area contributed by atoms with Crippen molar-refractivity contribution in [1.82, 2.24) is 14.5 Å². The highest BCUT2D eigenvalue weighted by molar-refractivity contribution is 7.89. The summed E-state index contributed by atoms with van der Waals surface area (Å²) in [6, 6.07) is 7.97. The Bertz CT molecular complexity index is 635. The van der Waals surface area contributed by atoms with E-state index in [0.29, 0.717) is 5.69 Å². The van der Waals surface area contributed by atoms with E-state index in [-0.39, 0.29) is 4.90 Å². The van der Waals surface area contributed by atoms with Crippen molar-refractivity contribution in [2.75, 3.05) is 7.05 Å². The molecule has 1 aromatic carbocycles. The number of hydrogen-bond acceptors (Lipinski definition) is 4. The summed E-state index contributed by atoms with van der Waals surface area (Å²) in [7, 11) is -2.43. The second-order valence-corrected chi connectivity index (χ2v) is 6.22. The zero-order valence-electron chi connectivity index (χ0n) is 10.6. The predicted octanol–water partition coefficient (Wildman–Crippen LogP) is 1.03. The highest BCUT2D eigenvalue weighted by Crippen LogP contribution is 2.22. The lowest BCUT2D eigenvalue weighted by atomic mass is 10.2. The Morgan fingerprint density at radius 1 is 1.26 bits per heavy atom. The summed E-state index contributed by atoms with van der Waals surface area (Å²) in [4.78, 5) is 0.138. The van der Waals surface area contributed by atoms with Crippen LogP contribution in [0.1, 0.15) is 17.5 Å². The normalized spacial score (nSPS) is 13.7. The maximum atomic E-state index is 12.3. The Kier molecular flexibility index (Phi) is 3.70. The van der Waals surface area contributed by atoms with Gasteiger partial charge in [-0.05, 0) is 25.1 Å². The molecule has 102 valence electrons. The molecule has 0 spiro atoms. The molecule has 2 rings (SSSR count). The topological polar surface area (TPSA) is 86.3 Å². The summed E-state index contributed by atoms with van der Waals surface area (Å²) in [5.74, 6) is 0. The molecule has 6 nitrogen and oxygen atoms in total. The number of aliphatic hydroxyl groups excluding tert-OH is 1. The Balaban J connectivity index is 2.31. The average Bonchev–Trinajstić information content (AvgIpc) is 2.91. The van der Waals surface area contributed by atoms with Gasteiger partial charge in [0.05, 0.1) is 10.6 Å². The van der Waals surface area contributed by atoms with Crippen molar-refractivity contribution in [3.8, 4) is 0 Å². The molecule has 0 radical (unpaired) electrons. The molecule has 0 bridgehead atoms. The SMILES string of the molecule is Cc1ccc(S(=O)(=O)N(C)C(O)c2ccn[nH]2)cc1. The minimum absolute atomic E-state index is 0.138. The Morgan fingerprint density at radius 2 is 1.89 bits per heavy atom. The fourth-order valence-electron chi connectivity index (χ4n) is 1.61. The molecule has 0 aliphatic carbocycles. The Hall–Kier alpha value is -1.70. The highest BCUT2D eigenvalue weighted by atomic mass is 32.2. The zero-order valence-corrected chi connectivity index (χ0v) is 11.4. The lowest BCUT2D eigenvalue weighted by Crippen LogP contribution is -2.31.